The molecule has 3 rings (SSSR count). The van der Waals surface area contributed by atoms with E-state index in [-0.39, 0.29) is 12.1 Å². The molecule has 1 amide bonds. The molecule has 0 spiro atoms. The molecule has 0 saturated carbocycles. The van der Waals surface area contributed by atoms with Crippen LogP contribution in [-0.2, 0) is 6.54 Å². The lowest BCUT2D eigenvalue weighted by molar-refractivity contribution is -0.141. The molecule has 0 bridgehead atoms. The fourth-order valence-corrected chi connectivity index (χ4v) is 3.25. The first kappa shape index (κ1) is 18.2. The SMILES string of the molecule is COc1ccc(CN(CC(F)(F)F)C(=O)c2ccc3ncsc3c2)cc1. The summed E-state index contributed by atoms with van der Waals surface area (Å²) in [5.41, 5.74) is 3.13. The summed E-state index contributed by atoms with van der Waals surface area (Å²) in [6, 6.07) is 11.3. The number of methoxy groups -OCH3 is 1. The van der Waals surface area contributed by atoms with Crippen LogP contribution >= 0.6 is 11.3 Å². The van der Waals surface area contributed by atoms with Gasteiger partial charge in [-0.1, -0.05) is 12.1 Å². The van der Waals surface area contributed by atoms with Crippen LogP contribution in [0.3, 0.4) is 0 Å². The number of fused-ring (bicyclic) bond motifs is 1. The summed E-state index contributed by atoms with van der Waals surface area (Å²) in [4.78, 5) is 17.6. The Morgan fingerprint density at radius 2 is 1.92 bits per heavy atom. The monoisotopic (exact) mass is 380 g/mol. The molecule has 2 aromatic carbocycles. The maximum absolute atomic E-state index is 13.0. The summed E-state index contributed by atoms with van der Waals surface area (Å²) in [5.74, 6) is -0.0773. The lowest BCUT2D eigenvalue weighted by Crippen LogP contribution is -2.38. The zero-order valence-corrected chi connectivity index (χ0v) is 14.6. The Morgan fingerprint density at radius 1 is 1.19 bits per heavy atom. The molecule has 0 saturated heterocycles. The van der Waals surface area contributed by atoms with Crippen molar-refractivity contribution >= 4 is 27.5 Å². The molecule has 0 aliphatic heterocycles. The van der Waals surface area contributed by atoms with Gasteiger partial charge in [0.25, 0.3) is 5.91 Å². The lowest BCUT2D eigenvalue weighted by Gasteiger charge is -2.24. The van der Waals surface area contributed by atoms with Crippen LogP contribution in [0, 0.1) is 0 Å². The maximum atomic E-state index is 13.0. The van der Waals surface area contributed by atoms with Gasteiger partial charge in [0.1, 0.15) is 12.3 Å². The van der Waals surface area contributed by atoms with E-state index in [2.05, 4.69) is 4.98 Å². The minimum atomic E-state index is -4.49. The molecular formula is C18H15F3N2O2S. The van der Waals surface area contributed by atoms with Crippen molar-refractivity contribution in [2.45, 2.75) is 12.7 Å². The number of carbonyl (C=O) groups is 1. The van der Waals surface area contributed by atoms with E-state index < -0.39 is 18.6 Å². The smallest absolute Gasteiger partial charge is 0.406 e. The van der Waals surface area contributed by atoms with Gasteiger partial charge in [-0.15, -0.1) is 11.3 Å². The van der Waals surface area contributed by atoms with Crippen LogP contribution in [0.2, 0.25) is 0 Å². The Balaban J connectivity index is 1.87. The topological polar surface area (TPSA) is 42.4 Å². The summed E-state index contributed by atoms with van der Waals surface area (Å²) in [7, 11) is 1.50. The molecule has 1 heterocycles. The van der Waals surface area contributed by atoms with Crippen LogP contribution in [0.4, 0.5) is 13.2 Å². The van der Waals surface area contributed by atoms with Crippen LogP contribution in [0.1, 0.15) is 15.9 Å². The molecule has 26 heavy (non-hydrogen) atoms. The van der Waals surface area contributed by atoms with E-state index in [0.29, 0.717) is 16.8 Å². The molecule has 0 radical (unpaired) electrons. The van der Waals surface area contributed by atoms with Crippen molar-refractivity contribution in [3.05, 3.63) is 59.1 Å². The van der Waals surface area contributed by atoms with E-state index in [1.165, 1.54) is 24.5 Å². The zero-order chi connectivity index (χ0) is 18.7. The van der Waals surface area contributed by atoms with E-state index in [1.807, 2.05) is 0 Å². The number of thiazole rings is 1. The van der Waals surface area contributed by atoms with Gasteiger partial charge in [0, 0.05) is 12.1 Å². The number of carbonyl (C=O) groups excluding carboxylic acids is 1. The molecule has 0 atom stereocenters. The molecule has 0 aliphatic rings. The van der Waals surface area contributed by atoms with E-state index in [0.717, 1.165) is 9.60 Å². The Bertz CT molecular complexity index is 907. The minimum absolute atomic E-state index is 0.150. The van der Waals surface area contributed by atoms with Crippen LogP contribution in [0.15, 0.2) is 48.0 Å². The summed E-state index contributed by atoms with van der Waals surface area (Å²) < 4.78 is 44.8. The van der Waals surface area contributed by atoms with E-state index in [4.69, 9.17) is 4.74 Å². The van der Waals surface area contributed by atoms with Gasteiger partial charge in [0.15, 0.2) is 0 Å². The molecule has 136 valence electrons. The summed E-state index contributed by atoms with van der Waals surface area (Å²) in [5, 5.41) is 0. The average molecular weight is 380 g/mol. The van der Waals surface area contributed by atoms with Crippen molar-refractivity contribution in [2.24, 2.45) is 0 Å². The molecule has 0 fully saturated rings. The predicted molar refractivity (Wildman–Crippen MR) is 93.4 cm³/mol. The summed E-state index contributed by atoms with van der Waals surface area (Å²) >= 11 is 1.33. The third-order valence-electron chi connectivity index (χ3n) is 3.77. The highest BCUT2D eigenvalue weighted by atomic mass is 32.1. The fourth-order valence-electron chi connectivity index (χ4n) is 2.54. The molecule has 0 aliphatic carbocycles. The number of halogens is 3. The summed E-state index contributed by atoms with van der Waals surface area (Å²) in [6.45, 7) is -1.47. The van der Waals surface area contributed by atoms with E-state index in [9.17, 15) is 18.0 Å². The standard InChI is InChI=1S/C18H15F3N2O2S/c1-25-14-5-2-12(3-6-14)9-23(10-18(19,20)21)17(24)13-4-7-15-16(8-13)26-11-22-15/h2-8,11H,9-10H2,1H3. The normalized spacial score (nSPS) is 11.5. The van der Waals surface area contributed by atoms with Crippen LogP contribution in [0.5, 0.6) is 5.75 Å². The number of rotatable bonds is 5. The van der Waals surface area contributed by atoms with Gasteiger partial charge in [-0.25, -0.2) is 4.98 Å². The summed E-state index contributed by atoms with van der Waals surface area (Å²) in [6.07, 6.45) is -4.49. The van der Waals surface area contributed by atoms with Crippen molar-refractivity contribution < 1.29 is 22.7 Å². The molecule has 1 aromatic heterocycles. The van der Waals surface area contributed by atoms with E-state index in [1.54, 1.807) is 41.9 Å². The van der Waals surface area contributed by atoms with Crippen LogP contribution in [0.25, 0.3) is 10.2 Å². The average Bonchev–Trinajstić information content (AvgIpc) is 3.07. The van der Waals surface area contributed by atoms with Crippen LogP contribution < -0.4 is 4.74 Å². The molecular weight excluding hydrogens is 365 g/mol. The van der Waals surface area contributed by atoms with Crippen molar-refractivity contribution in [2.75, 3.05) is 13.7 Å². The highest BCUT2D eigenvalue weighted by Crippen LogP contribution is 2.24. The Hall–Kier alpha value is -2.61. The number of amides is 1. The second kappa shape index (κ2) is 7.33. The quantitative estimate of drug-likeness (QED) is 0.654. The van der Waals surface area contributed by atoms with Gasteiger partial charge < -0.3 is 9.64 Å². The Kier molecular flexibility index (Phi) is 5.13. The largest absolute Gasteiger partial charge is 0.497 e. The third kappa shape index (κ3) is 4.32. The van der Waals surface area contributed by atoms with Crippen molar-refractivity contribution in [3.8, 4) is 5.75 Å². The van der Waals surface area contributed by atoms with Gasteiger partial charge in [0.05, 0.1) is 22.8 Å². The van der Waals surface area contributed by atoms with Crippen molar-refractivity contribution in [1.82, 2.24) is 9.88 Å². The predicted octanol–water partition coefficient (Wildman–Crippen LogP) is 4.51. The molecule has 4 nitrogen and oxygen atoms in total. The highest BCUT2D eigenvalue weighted by Gasteiger charge is 2.33. The number of hydrogen-bond acceptors (Lipinski definition) is 4. The fraction of sp³-hybridized carbons (Fsp3) is 0.222. The third-order valence-corrected chi connectivity index (χ3v) is 4.56. The van der Waals surface area contributed by atoms with Crippen LogP contribution in [-0.4, -0.2) is 35.6 Å². The van der Waals surface area contributed by atoms with Crippen molar-refractivity contribution in [1.29, 1.82) is 0 Å². The molecule has 3 aromatic rings. The number of aromatic nitrogens is 1. The van der Waals surface area contributed by atoms with Gasteiger partial charge >= 0.3 is 6.18 Å². The highest BCUT2D eigenvalue weighted by molar-refractivity contribution is 7.16. The van der Waals surface area contributed by atoms with Gasteiger partial charge in [-0.3, -0.25) is 4.79 Å². The van der Waals surface area contributed by atoms with Crippen molar-refractivity contribution in [3.63, 3.8) is 0 Å². The lowest BCUT2D eigenvalue weighted by atomic mass is 10.1. The number of benzene rings is 2. The first-order valence-corrected chi connectivity index (χ1v) is 8.56. The number of hydrogen-bond donors (Lipinski definition) is 0. The number of alkyl halides is 3. The Labute approximate surface area is 151 Å². The number of ether oxygens (including phenoxy) is 1. The molecule has 0 unspecified atom stereocenters. The Morgan fingerprint density at radius 3 is 2.58 bits per heavy atom. The second-order valence-electron chi connectivity index (χ2n) is 5.66. The van der Waals surface area contributed by atoms with Gasteiger partial charge in [-0.2, -0.15) is 13.2 Å². The first-order valence-electron chi connectivity index (χ1n) is 7.68. The van der Waals surface area contributed by atoms with Gasteiger partial charge in [-0.05, 0) is 35.9 Å². The minimum Gasteiger partial charge on any atom is -0.497 e. The second-order valence-corrected chi connectivity index (χ2v) is 6.55. The van der Waals surface area contributed by atoms with Gasteiger partial charge in [0.2, 0.25) is 0 Å². The first-order chi connectivity index (χ1) is 12.4. The molecule has 0 N–H and O–H groups in total. The number of nitrogens with zero attached hydrogens (tertiary/aromatic N) is 2. The zero-order valence-electron chi connectivity index (χ0n) is 13.8. The van der Waals surface area contributed by atoms with E-state index >= 15 is 0 Å². The maximum Gasteiger partial charge on any atom is 0.406 e. The molecule has 8 heteroatoms.